The normalized spacial score (nSPS) is 16.0. The number of Topliss-reactive ketones (excluding diaryl/α,β-unsaturated/α-hetero) is 1. The maximum absolute atomic E-state index is 12.0. The minimum absolute atomic E-state index is 0.0406. The van der Waals surface area contributed by atoms with Crippen LogP contribution in [0, 0.1) is 5.41 Å². The standard InChI is InChI=1S/C14H28N2O2/c1-9(11(17)13(3,4)5)15-12(18)10(2)16-14(6,7)8/h9-10,16H,1-8H3,(H,15,18)/t9-,10-/m0/s1. The van der Waals surface area contributed by atoms with Crippen molar-refractivity contribution in [1.29, 1.82) is 0 Å². The van der Waals surface area contributed by atoms with E-state index in [1.165, 1.54) is 0 Å². The third kappa shape index (κ3) is 6.15. The topological polar surface area (TPSA) is 58.2 Å². The summed E-state index contributed by atoms with van der Waals surface area (Å²) in [4.78, 5) is 23.9. The minimum Gasteiger partial charge on any atom is -0.345 e. The van der Waals surface area contributed by atoms with Gasteiger partial charge in [-0.3, -0.25) is 9.59 Å². The van der Waals surface area contributed by atoms with E-state index in [1.807, 2.05) is 41.5 Å². The molecular formula is C14H28N2O2. The summed E-state index contributed by atoms with van der Waals surface area (Å²) < 4.78 is 0. The SMILES string of the molecule is C[C@H](NC(C)(C)C)C(=O)N[C@@H](C)C(=O)C(C)(C)C. The van der Waals surface area contributed by atoms with Crippen LogP contribution >= 0.6 is 0 Å². The Bertz CT molecular complexity index is 311. The van der Waals surface area contributed by atoms with E-state index in [1.54, 1.807) is 13.8 Å². The number of rotatable bonds is 4. The van der Waals surface area contributed by atoms with Crippen LogP contribution in [0.15, 0.2) is 0 Å². The molecule has 0 aliphatic heterocycles. The molecule has 2 atom stereocenters. The fourth-order valence-electron chi connectivity index (χ4n) is 1.77. The van der Waals surface area contributed by atoms with Crippen molar-refractivity contribution in [3.8, 4) is 0 Å². The largest absolute Gasteiger partial charge is 0.345 e. The van der Waals surface area contributed by atoms with Gasteiger partial charge in [-0.05, 0) is 34.6 Å². The molecule has 0 bridgehead atoms. The first-order chi connectivity index (χ1) is 7.84. The first kappa shape index (κ1) is 17.1. The van der Waals surface area contributed by atoms with Gasteiger partial charge in [-0.2, -0.15) is 0 Å². The molecule has 0 heterocycles. The van der Waals surface area contributed by atoms with E-state index in [2.05, 4.69) is 10.6 Å². The molecule has 0 aromatic heterocycles. The summed E-state index contributed by atoms with van der Waals surface area (Å²) in [7, 11) is 0. The van der Waals surface area contributed by atoms with Crippen molar-refractivity contribution in [2.75, 3.05) is 0 Å². The van der Waals surface area contributed by atoms with E-state index in [9.17, 15) is 9.59 Å². The lowest BCUT2D eigenvalue weighted by atomic mass is 9.87. The molecule has 0 aromatic carbocycles. The van der Waals surface area contributed by atoms with Crippen molar-refractivity contribution in [2.45, 2.75) is 73.0 Å². The molecule has 0 unspecified atom stereocenters. The Kier molecular flexibility index (Phi) is 5.54. The highest BCUT2D eigenvalue weighted by atomic mass is 16.2. The van der Waals surface area contributed by atoms with Crippen LogP contribution in [0.3, 0.4) is 0 Å². The summed E-state index contributed by atoms with van der Waals surface area (Å²) in [5.74, 6) is -0.103. The van der Waals surface area contributed by atoms with Gasteiger partial charge in [0.05, 0.1) is 12.1 Å². The fraction of sp³-hybridized carbons (Fsp3) is 0.857. The van der Waals surface area contributed by atoms with E-state index in [0.29, 0.717) is 0 Å². The number of hydrogen-bond donors (Lipinski definition) is 2. The summed E-state index contributed by atoms with van der Waals surface area (Å²) in [6.07, 6.45) is 0. The summed E-state index contributed by atoms with van der Waals surface area (Å²) in [5, 5.41) is 5.94. The molecule has 0 aliphatic rings. The Hall–Kier alpha value is -0.900. The van der Waals surface area contributed by atoms with Crippen molar-refractivity contribution >= 4 is 11.7 Å². The van der Waals surface area contributed by atoms with E-state index in [-0.39, 0.29) is 23.3 Å². The second-order valence-corrected chi connectivity index (χ2v) is 6.96. The molecular weight excluding hydrogens is 228 g/mol. The molecule has 0 aromatic rings. The third-order valence-electron chi connectivity index (χ3n) is 2.53. The molecule has 4 heteroatoms. The fourth-order valence-corrected chi connectivity index (χ4v) is 1.77. The maximum atomic E-state index is 12.0. The first-order valence-corrected chi connectivity index (χ1v) is 6.47. The Morgan fingerprint density at radius 3 is 1.67 bits per heavy atom. The van der Waals surface area contributed by atoms with Crippen molar-refractivity contribution in [1.82, 2.24) is 10.6 Å². The van der Waals surface area contributed by atoms with Crippen LogP contribution in [-0.4, -0.2) is 29.3 Å². The predicted octanol–water partition coefficient (Wildman–Crippen LogP) is 1.88. The molecule has 0 saturated heterocycles. The van der Waals surface area contributed by atoms with Gasteiger partial charge in [0.25, 0.3) is 0 Å². The highest BCUT2D eigenvalue weighted by Crippen LogP contribution is 2.16. The number of hydrogen-bond acceptors (Lipinski definition) is 3. The molecule has 106 valence electrons. The van der Waals surface area contributed by atoms with Crippen molar-refractivity contribution in [3.63, 3.8) is 0 Å². The van der Waals surface area contributed by atoms with Gasteiger partial charge in [0.2, 0.25) is 5.91 Å². The highest BCUT2D eigenvalue weighted by Gasteiger charge is 2.29. The Morgan fingerprint density at radius 1 is 0.889 bits per heavy atom. The van der Waals surface area contributed by atoms with Crippen LogP contribution in [0.1, 0.15) is 55.4 Å². The van der Waals surface area contributed by atoms with Gasteiger partial charge in [-0.25, -0.2) is 0 Å². The van der Waals surface area contributed by atoms with Gasteiger partial charge in [-0.15, -0.1) is 0 Å². The molecule has 0 rings (SSSR count). The van der Waals surface area contributed by atoms with Crippen molar-refractivity contribution in [3.05, 3.63) is 0 Å². The van der Waals surface area contributed by atoms with E-state index >= 15 is 0 Å². The van der Waals surface area contributed by atoms with Crippen LogP contribution in [0.25, 0.3) is 0 Å². The number of nitrogens with one attached hydrogen (secondary N) is 2. The van der Waals surface area contributed by atoms with Crippen molar-refractivity contribution in [2.24, 2.45) is 5.41 Å². The zero-order valence-electron chi connectivity index (χ0n) is 13.0. The molecule has 0 saturated carbocycles. The van der Waals surface area contributed by atoms with Crippen LogP contribution < -0.4 is 10.6 Å². The zero-order valence-corrected chi connectivity index (χ0v) is 13.0. The lowest BCUT2D eigenvalue weighted by Crippen LogP contribution is -2.53. The Balaban J connectivity index is 4.45. The average molecular weight is 256 g/mol. The lowest BCUT2D eigenvalue weighted by molar-refractivity contribution is -0.132. The van der Waals surface area contributed by atoms with E-state index in [4.69, 9.17) is 0 Å². The molecule has 0 aliphatic carbocycles. The summed E-state index contributed by atoms with van der Waals surface area (Å²) in [6, 6.07) is -0.776. The first-order valence-electron chi connectivity index (χ1n) is 6.47. The molecule has 18 heavy (non-hydrogen) atoms. The average Bonchev–Trinajstić information content (AvgIpc) is 2.12. The second-order valence-electron chi connectivity index (χ2n) is 6.96. The molecule has 0 spiro atoms. The van der Waals surface area contributed by atoms with Gasteiger partial charge in [0.1, 0.15) is 0 Å². The van der Waals surface area contributed by atoms with Gasteiger partial charge in [-0.1, -0.05) is 20.8 Å². The smallest absolute Gasteiger partial charge is 0.237 e. The summed E-state index contributed by atoms with van der Waals surface area (Å²) in [5.41, 5.74) is -0.568. The number of amides is 1. The maximum Gasteiger partial charge on any atom is 0.237 e. The van der Waals surface area contributed by atoms with Gasteiger partial charge in [0, 0.05) is 11.0 Å². The third-order valence-corrected chi connectivity index (χ3v) is 2.53. The number of carbonyl (C=O) groups is 2. The lowest BCUT2D eigenvalue weighted by Gasteiger charge is -2.28. The Morgan fingerprint density at radius 2 is 1.33 bits per heavy atom. The van der Waals surface area contributed by atoms with Crippen molar-refractivity contribution < 1.29 is 9.59 Å². The minimum atomic E-state index is -0.457. The van der Waals surface area contributed by atoms with Crippen LogP contribution in [0.2, 0.25) is 0 Å². The quantitative estimate of drug-likeness (QED) is 0.807. The zero-order chi connectivity index (χ0) is 14.7. The van der Waals surface area contributed by atoms with Crippen LogP contribution in [-0.2, 0) is 9.59 Å². The summed E-state index contributed by atoms with van der Waals surface area (Å²) in [6.45, 7) is 15.1. The monoisotopic (exact) mass is 256 g/mol. The Labute approximate surface area is 111 Å². The van der Waals surface area contributed by atoms with Gasteiger partial charge >= 0.3 is 0 Å². The van der Waals surface area contributed by atoms with Gasteiger partial charge < -0.3 is 10.6 Å². The molecule has 4 nitrogen and oxygen atoms in total. The predicted molar refractivity (Wildman–Crippen MR) is 74.4 cm³/mol. The highest BCUT2D eigenvalue weighted by molar-refractivity contribution is 5.93. The van der Waals surface area contributed by atoms with Crippen LogP contribution in [0.5, 0.6) is 0 Å². The van der Waals surface area contributed by atoms with Crippen LogP contribution in [0.4, 0.5) is 0 Å². The van der Waals surface area contributed by atoms with E-state index in [0.717, 1.165) is 0 Å². The number of ketones is 1. The van der Waals surface area contributed by atoms with Gasteiger partial charge in [0.15, 0.2) is 5.78 Å². The summed E-state index contributed by atoms with van der Waals surface area (Å²) >= 11 is 0. The number of carbonyl (C=O) groups excluding carboxylic acids is 2. The van der Waals surface area contributed by atoms with E-state index < -0.39 is 11.5 Å². The second kappa shape index (κ2) is 5.83. The molecule has 2 N–H and O–H groups in total. The molecule has 0 radical (unpaired) electrons. The molecule has 0 fully saturated rings. The molecule has 1 amide bonds.